The molecule has 0 fully saturated rings. The van der Waals surface area contributed by atoms with Gasteiger partial charge in [-0.3, -0.25) is 10.1 Å². The third-order valence-electron chi connectivity index (χ3n) is 6.28. The van der Waals surface area contributed by atoms with Crippen molar-refractivity contribution in [2.45, 2.75) is 45.4 Å². The molecule has 34 heavy (non-hydrogen) atoms. The van der Waals surface area contributed by atoms with Crippen molar-refractivity contribution in [3.05, 3.63) is 88.6 Å². The van der Waals surface area contributed by atoms with Crippen LogP contribution in [0.5, 0.6) is 5.75 Å². The highest BCUT2D eigenvalue weighted by Crippen LogP contribution is 2.36. The lowest BCUT2D eigenvalue weighted by molar-refractivity contribution is -0.893. The highest BCUT2D eigenvalue weighted by molar-refractivity contribution is 5.71. The molecular weight excluding hydrogens is 428 g/mol. The van der Waals surface area contributed by atoms with E-state index in [2.05, 4.69) is 48.6 Å². The van der Waals surface area contributed by atoms with Gasteiger partial charge in [0.2, 0.25) is 0 Å². The van der Waals surface area contributed by atoms with E-state index in [-0.39, 0.29) is 11.9 Å². The molecule has 6 heteroatoms. The van der Waals surface area contributed by atoms with Gasteiger partial charge in [-0.15, -0.1) is 0 Å². The minimum Gasteiger partial charge on any atom is -0.493 e. The smallest absolute Gasteiger partial charge is 0.313 e. The first-order chi connectivity index (χ1) is 16.5. The molecule has 0 aliphatic heterocycles. The molecule has 1 aromatic heterocycles. The van der Waals surface area contributed by atoms with Crippen molar-refractivity contribution in [2.75, 3.05) is 25.1 Å². The van der Waals surface area contributed by atoms with Crippen LogP contribution in [0.3, 0.4) is 0 Å². The Bertz CT molecular complexity index is 1150. The number of carbonyl (C=O) groups is 1. The lowest BCUT2D eigenvalue weighted by Crippen LogP contribution is -2.33. The number of ether oxygens (including phenoxy) is 2. The number of anilines is 1. The lowest BCUT2D eigenvalue weighted by atomic mass is 9.88. The standard InChI is InChI=1S/C28H32N2O4/c1-3-33-28(31)19-24-17-22-15-20(2)26(18-23(22)16-21-9-4-5-10-25(21)24)34-14-8-12-29-27-11-6-7-13-30(27)32/h4-7,9-11,13,15,18,24,32H,3,8,12,14,16-17,19H2,1-2H3/p+1. The van der Waals surface area contributed by atoms with Crippen LogP contribution in [0.4, 0.5) is 5.82 Å². The van der Waals surface area contributed by atoms with Gasteiger partial charge in [0, 0.05) is 12.5 Å². The van der Waals surface area contributed by atoms with E-state index in [1.54, 1.807) is 12.3 Å². The Morgan fingerprint density at radius 2 is 1.94 bits per heavy atom. The number of aryl methyl sites for hydroxylation is 1. The minimum absolute atomic E-state index is 0.112. The number of carbonyl (C=O) groups excluding carboxylic acids is 1. The maximum Gasteiger partial charge on any atom is 0.313 e. The molecule has 0 spiro atoms. The quantitative estimate of drug-likeness (QED) is 0.211. The molecule has 3 aromatic rings. The zero-order valence-electron chi connectivity index (χ0n) is 19.9. The van der Waals surface area contributed by atoms with Gasteiger partial charge in [-0.05, 0) is 72.6 Å². The molecule has 0 saturated heterocycles. The lowest BCUT2D eigenvalue weighted by Gasteiger charge is -2.18. The van der Waals surface area contributed by atoms with Crippen molar-refractivity contribution in [1.82, 2.24) is 0 Å². The minimum atomic E-state index is -0.141. The fourth-order valence-electron chi connectivity index (χ4n) is 4.62. The van der Waals surface area contributed by atoms with E-state index in [0.717, 1.165) is 35.3 Å². The predicted octanol–water partition coefficient (Wildman–Crippen LogP) is 4.58. The topological polar surface area (TPSA) is 71.7 Å². The maximum absolute atomic E-state index is 12.3. The van der Waals surface area contributed by atoms with Crippen molar-refractivity contribution < 1.29 is 24.2 Å². The van der Waals surface area contributed by atoms with Crippen LogP contribution in [0.25, 0.3) is 0 Å². The Balaban J connectivity index is 1.44. The largest absolute Gasteiger partial charge is 0.493 e. The summed E-state index contributed by atoms with van der Waals surface area (Å²) >= 11 is 0. The summed E-state index contributed by atoms with van der Waals surface area (Å²) in [5.74, 6) is 1.52. The molecule has 2 aromatic carbocycles. The summed E-state index contributed by atoms with van der Waals surface area (Å²) in [6, 6.07) is 18.3. The third-order valence-corrected chi connectivity index (χ3v) is 6.28. The highest BCUT2D eigenvalue weighted by Gasteiger charge is 2.25. The normalized spacial score (nSPS) is 14.5. The van der Waals surface area contributed by atoms with Crippen LogP contribution in [0.2, 0.25) is 0 Å². The summed E-state index contributed by atoms with van der Waals surface area (Å²) in [5, 5.41) is 13.0. The average molecular weight is 462 g/mol. The van der Waals surface area contributed by atoms with Crippen molar-refractivity contribution >= 4 is 11.8 Å². The van der Waals surface area contributed by atoms with Gasteiger partial charge in [0.1, 0.15) is 11.9 Å². The third kappa shape index (κ3) is 5.68. The predicted molar refractivity (Wildman–Crippen MR) is 131 cm³/mol. The van der Waals surface area contributed by atoms with Gasteiger partial charge in [-0.2, -0.15) is 0 Å². The van der Waals surface area contributed by atoms with E-state index in [0.29, 0.717) is 32.0 Å². The molecule has 0 saturated carbocycles. The molecule has 6 nitrogen and oxygen atoms in total. The van der Waals surface area contributed by atoms with Gasteiger partial charge in [0.25, 0.3) is 0 Å². The Kier molecular flexibility index (Phi) is 7.68. The van der Waals surface area contributed by atoms with E-state index < -0.39 is 0 Å². The Hall–Kier alpha value is -3.54. The van der Waals surface area contributed by atoms with E-state index in [4.69, 9.17) is 9.47 Å². The monoisotopic (exact) mass is 461 g/mol. The molecule has 2 N–H and O–H groups in total. The molecule has 1 heterocycles. The number of rotatable bonds is 9. The van der Waals surface area contributed by atoms with Crippen LogP contribution in [-0.2, 0) is 22.4 Å². The van der Waals surface area contributed by atoms with Crippen molar-refractivity contribution in [1.29, 1.82) is 0 Å². The first-order valence-corrected chi connectivity index (χ1v) is 12.0. The van der Waals surface area contributed by atoms with Gasteiger partial charge in [-0.1, -0.05) is 41.1 Å². The molecule has 1 unspecified atom stereocenters. The molecule has 1 atom stereocenters. The molecular formula is C28H33N2O4+. The number of pyridine rings is 1. The Morgan fingerprint density at radius 1 is 1.12 bits per heavy atom. The first kappa shape index (κ1) is 23.6. The van der Waals surface area contributed by atoms with E-state index in [9.17, 15) is 10.0 Å². The number of esters is 1. The fraction of sp³-hybridized carbons (Fsp3) is 0.357. The molecule has 1 aliphatic rings. The van der Waals surface area contributed by atoms with Gasteiger partial charge < -0.3 is 14.7 Å². The fourth-order valence-corrected chi connectivity index (χ4v) is 4.62. The summed E-state index contributed by atoms with van der Waals surface area (Å²) in [7, 11) is 0. The van der Waals surface area contributed by atoms with Crippen molar-refractivity contribution in [3.8, 4) is 5.75 Å². The summed E-state index contributed by atoms with van der Waals surface area (Å²) in [6.07, 6.45) is 4.43. The number of benzene rings is 2. The van der Waals surface area contributed by atoms with Crippen LogP contribution in [0.15, 0.2) is 60.8 Å². The SMILES string of the molecule is CCOC(=O)CC1Cc2cc(C)c(OCCCNc3cccc[n+]3O)cc2Cc2ccccc21. The molecule has 1 aliphatic carbocycles. The number of hydrogen-bond donors (Lipinski definition) is 2. The van der Waals surface area contributed by atoms with Crippen molar-refractivity contribution in [2.24, 2.45) is 0 Å². The summed E-state index contributed by atoms with van der Waals surface area (Å²) < 4.78 is 12.5. The number of hydrogen-bond acceptors (Lipinski definition) is 5. The first-order valence-electron chi connectivity index (χ1n) is 12.0. The number of fused-ring (bicyclic) bond motifs is 2. The van der Waals surface area contributed by atoms with Crippen LogP contribution in [0.1, 0.15) is 53.5 Å². The molecule has 4 rings (SSSR count). The second-order valence-electron chi connectivity index (χ2n) is 8.73. The number of aromatic nitrogens is 1. The summed E-state index contributed by atoms with van der Waals surface area (Å²) in [5.41, 5.74) is 6.12. The van der Waals surface area contributed by atoms with Gasteiger partial charge in [-0.25, -0.2) is 0 Å². The van der Waals surface area contributed by atoms with Crippen LogP contribution in [0, 0.1) is 6.92 Å². The van der Waals surface area contributed by atoms with Gasteiger partial charge in [0.15, 0.2) is 0 Å². The van der Waals surface area contributed by atoms with Crippen LogP contribution < -0.4 is 14.8 Å². The number of nitrogens with zero attached hydrogens (tertiary/aromatic N) is 1. The molecule has 0 radical (unpaired) electrons. The van der Waals surface area contributed by atoms with E-state index in [1.165, 1.54) is 22.3 Å². The highest BCUT2D eigenvalue weighted by atomic mass is 16.5. The van der Waals surface area contributed by atoms with E-state index >= 15 is 0 Å². The second-order valence-corrected chi connectivity index (χ2v) is 8.73. The van der Waals surface area contributed by atoms with Gasteiger partial charge >= 0.3 is 11.8 Å². The number of nitrogens with one attached hydrogen (secondary N) is 1. The Morgan fingerprint density at radius 3 is 2.76 bits per heavy atom. The zero-order valence-corrected chi connectivity index (χ0v) is 19.9. The zero-order chi connectivity index (χ0) is 23.9. The van der Waals surface area contributed by atoms with Crippen LogP contribution in [-0.4, -0.2) is 30.9 Å². The second kappa shape index (κ2) is 11.1. The maximum atomic E-state index is 12.3. The summed E-state index contributed by atoms with van der Waals surface area (Å²) in [6.45, 7) is 5.60. The molecule has 178 valence electrons. The van der Waals surface area contributed by atoms with E-state index in [1.807, 2.05) is 19.1 Å². The van der Waals surface area contributed by atoms with Gasteiger partial charge in [0.05, 0.1) is 26.2 Å². The Labute approximate surface area is 201 Å². The van der Waals surface area contributed by atoms with Crippen LogP contribution >= 0.6 is 0 Å². The molecule has 0 bridgehead atoms. The van der Waals surface area contributed by atoms with Crippen molar-refractivity contribution in [3.63, 3.8) is 0 Å². The average Bonchev–Trinajstić information content (AvgIpc) is 2.96. The summed E-state index contributed by atoms with van der Waals surface area (Å²) in [4.78, 5) is 12.3. The molecule has 0 amide bonds.